The Bertz CT molecular complexity index is 881. The van der Waals surface area contributed by atoms with Crippen molar-refractivity contribution < 1.29 is 19.8 Å². The Balaban J connectivity index is 1.45. The molecule has 0 aromatic heterocycles. The van der Waals surface area contributed by atoms with Crippen LogP contribution in [0.3, 0.4) is 0 Å². The summed E-state index contributed by atoms with van der Waals surface area (Å²) in [4.78, 5) is 30.9. The molecule has 0 spiro atoms. The van der Waals surface area contributed by atoms with Crippen molar-refractivity contribution in [3.05, 3.63) is 39.9 Å². The van der Waals surface area contributed by atoms with Crippen LogP contribution < -0.4 is 0 Å². The second-order valence-corrected chi connectivity index (χ2v) is 10.0. The topological polar surface area (TPSA) is 84.3 Å². The van der Waals surface area contributed by atoms with Crippen LogP contribution in [-0.4, -0.2) is 95.3 Å². The molecule has 2 amide bonds. The number of piperidine rings is 1. The Morgan fingerprint density at radius 2 is 1.97 bits per heavy atom. The molecule has 2 fully saturated rings. The molecule has 0 aliphatic carbocycles. The number of carbonyl (C=O) groups excluding carboxylic acids is 2. The maximum atomic E-state index is 12.6. The molecule has 33 heavy (non-hydrogen) atoms. The summed E-state index contributed by atoms with van der Waals surface area (Å²) in [7, 11) is 0. The SMILES string of the molecule is CC1(CO)CCN(CCCN2CCN(C(=O)/C=C/c3ccc(Cl)c(Cl)c3)CCC2=O)CC1O. The number of aliphatic hydroxyl groups is 2. The average Bonchev–Trinajstić information content (AvgIpc) is 2.98. The smallest absolute Gasteiger partial charge is 0.246 e. The highest BCUT2D eigenvalue weighted by Gasteiger charge is 2.37. The molecule has 2 N–H and O–H groups in total. The zero-order chi connectivity index (χ0) is 24.0. The largest absolute Gasteiger partial charge is 0.396 e. The van der Waals surface area contributed by atoms with E-state index in [9.17, 15) is 19.8 Å². The van der Waals surface area contributed by atoms with E-state index in [1.165, 1.54) is 6.08 Å². The number of benzene rings is 1. The molecule has 2 atom stereocenters. The van der Waals surface area contributed by atoms with E-state index in [0.717, 1.165) is 31.5 Å². The minimum Gasteiger partial charge on any atom is -0.396 e. The van der Waals surface area contributed by atoms with Gasteiger partial charge < -0.3 is 24.9 Å². The Labute approximate surface area is 205 Å². The summed E-state index contributed by atoms with van der Waals surface area (Å²) in [5.41, 5.74) is 0.356. The number of nitrogens with zero attached hydrogens (tertiary/aromatic N) is 3. The minimum atomic E-state index is -0.549. The van der Waals surface area contributed by atoms with E-state index in [-0.39, 0.29) is 18.4 Å². The lowest BCUT2D eigenvalue weighted by molar-refractivity contribution is -0.130. The van der Waals surface area contributed by atoms with E-state index in [1.807, 2.05) is 11.8 Å². The average molecular weight is 498 g/mol. The number of carbonyl (C=O) groups is 2. The fraction of sp³-hybridized carbons (Fsp3) is 0.583. The van der Waals surface area contributed by atoms with Gasteiger partial charge in [0.05, 0.1) is 22.8 Å². The molecule has 1 aromatic rings. The molecule has 0 radical (unpaired) electrons. The van der Waals surface area contributed by atoms with Crippen molar-refractivity contribution in [3.63, 3.8) is 0 Å². The Hall–Kier alpha value is -1.64. The van der Waals surface area contributed by atoms with E-state index >= 15 is 0 Å². The molecule has 2 saturated heterocycles. The standard InChI is InChI=1S/C24H33Cl2N3O4/c1-24(17-30)8-12-27(16-21(24)31)9-2-10-28-13-14-29(11-7-23(28)33)22(32)6-4-18-3-5-19(25)20(26)15-18/h3-6,15,21,30-31H,2,7-14,16-17H2,1H3/b6-4+. The van der Waals surface area contributed by atoms with Gasteiger partial charge in [-0.2, -0.15) is 0 Å². The maximum absolute atomic E-state index is 12.6. The third-order valence-corrected chi connectivity index (χ3v) is 7.50. The summed E-state index contributed by atoms with van der Waals surface area (Å²) < 4.78 is 0. The number of aliphatic hydroxyl groups excluding tert-OH is 2. The predicted molar refractivity (Wildman–Crippen MR) is 130 cm³/mol. The summed E-state index contributed by atoms with van der Waals surface area (Å²) in [6.45, 7) is 6.09. The van der Waals surface area contributed by atoms with Gasteiger partial charge in [-0.1, -0.05) is 36.2 Å². The summed E-state index contributed by atoms with van der Waals surface area (Å²) in [6, 6.07) is 5.18. The highest BCUT2D eigenvalue weighted by atomic mass is 35.5. The first kappa shape index (κ1) is 26.0. The zero-order valence-corrected chi connectivity index (χ0v) is 20.6. The number of hydrogen-bond donors (Lipinski definition) is 2. The van der Waals surface area contributed by atoms with Gasteiger partial charge >= 0.3 is 0 Å². The van der Waals surface area contributed by atoms with Crippen molar-refractivity contribution in [2.24, 2.45) is 5.41 Å². The third-order valence-electron chi connectivity index (χ3n) is 6.76. The Morgan fingerprint density at radius 3 is 2.67 bits per heavy atom. The second-order valence-electron chi connectivity index (χ2n) is 9.20. The minimum absolute atomic E-state index is 0.0118. The quantitative estimate of drug-likeness (QED) is 0.565. The van der Waals surface area contributed by atoms with Crippen LogP contribution >= 0.6 is 23.2 Å². The molecule has 0 saturated carbocycles. The highest BCUT2D eigenvalue weighted by molar-refractivity contribution is 6.42. The second kappa shape index (κ2) is 11.7. The number of β-amino-alcohol motifs (C(OH)–C–C–N with tert-alkyl or cyclic N) is 1. The van der Waals surface area contributed by atoms with Gasteiger partial charge in [0.2, 0.25) is 11.8 Å². The number of amides is 2. The summed E-state index contributed by atoms with van der Waals surface area (Å²) in [6.07, 6.45) is 4.52. The van der Waals surface area contributed by atoms with Gasteiger partial charge in [0.25, 0.3) is 0 Å². The molecule has 2 aliphatic rings. The first-order chi connectivity index (χ1) is 15.7. The van der Waals surface area contributed by atoms with Crippen LogP contribution in [0.15, 0.2) is 24.3 Å². The predicted octanol–water partition coefficient (Wildman–Crippen LogP) is 2.52. The van der Waals surface area contributed by atoms with Crippen LogP contribution in [0, 0.1) is 5.41 Å². The number of halogens is 2. The van der Waals surface area contributed by atoms with Crippen molar-refractivity contribution in [2.45, 2.75) is 32.3 Å². The van der Waals surface area contributed by atoms with E-state index in [4.69, 9.17) is 23.2 Å². The zero-order valence-electron chi connectivity index (χ0n) is 19.1. The van der Waals surface area contributed by atoms with Crippen LogP contribution in [0.1, 0.15) is 31.7 Å². The van der Waals surface area contributed by atoms with Crippen LogP contribution in [0.25, 0.3) is 6.08 Å². The monoisotopic (exact) mass is 497 g/mol. The lowest BCUT2D eigenvalue weighted by atomic mass is 9.79. The van der Waals surface area contributed by atoms with Crippen LogP contribution in [0.2, 0.25) is 10.0 Å². The molecular weight excluding hydrogens is 465 g/mol. The van der Waals surface area contributed by atoms with Gasteiger partial charge in [0.15, 0.2) is 0 Å². The highest BCUT2D eigenvalue weighted by Crippen LogP contribution is 2.30. The number of likely N-dealkylation sites (tertiary alicyclic amines) is 1. The maximum Gasteiger partial charge on any atom is 0.246 e. The molecule has 1 aromatic carbocycles. The lowest BCUT2D eigenvalue weighted by Crippen LogP contribution is -2.51. The van der Waals surface area contributed by atoms with Gasteiger partial charge in [-0.25, -0.2) is 0 Å². The van der Waals surface area contributed by atoms with E-state index < -0.39 is 11.5 Å². The Kier molecular flexibility index (Phi) is 9.18. The van der Waals surface area contributed by atoms with Crippen molar-refractivity contribution >= 4 is 41.1 Å². The van der Waals surface area contributed by atoms with Gasteiger partial charge in [-0.3, -0.25) is 9.59 Å². The fourth-order valence-corrected chi connectivity index (χ4v) is 4.53. The molecule has 3 rings (SSSR count). The number of rotatable bonds is 7. The molecule has 2 aliphatic heterocycles. The summed E-state index contributed by atoms with van der Waals surface area (Å²) in [5, 5.41) is 20.7. The third kappa shape index (κ3) is 6.93. The van der Waals surface area contributed by atoms with Crippen molar-refractivity contribution in [3.8, 4) is 0 Å². The van der Waals surface area contributed by atoms with Gasteiger partial charge in [0, 0.05) is 50.6 Å². The van der Waals surface area contributed by atoms with Crippen LogP contribution in [0.4, 0.5) is 0 Å². The van der Waals surface area contributed by atoms with Gasteiger partial charge in [0.1, 0.15) is 0 Å². The lowest BCUT2D eigenvalue weighted by Gasteiger charge is -2.42. The van der Waals surface area contributed by atoms with E-state index in [0.29, 0.717) is 49.2 Å². The Morgan fingerprint density at radius 1 is 1.18 bits per heavy atom. The molecule has 7 nitrogen and oxygen atoms in total. The first-order valence-corrected chi connectivity index (χ1v) is 12.2. The molecule has 0 bridgehead atoms. The van der Waals surface area contributed by atoms with Gasteiger partial charge in [-0.15, -0.1) is 0 Å². The van der Waals surface area contributed by atoms with Crippen molar-refractivity contribution in [1.29, 1.82) is 0 Å². The molecule has 2 heterocycles. The summed E-state index contributed by atoms with van der Waals surface area (Å²) in [5.74, 6) is -0.0738. The molecular formula is C24H33Cl2N3O4. The first-order valence-electron chi connectivity index (χ1n) is 11.4. The van der Waals surface area contributed by atoms with E-state index in [1.54, 1.807) is 29.2 Å². The van der Waals surface area contributed by atoms with Gasteiger partial charge in [-0.05, 0) is 49.7 Å². The molecule has 9 heteroatoms. The molecule has 182 valence electrons. The van der Waals surface area contributed by atoms with Crippen molar-refractivity contribution in [2.75, 3.05) is 52.4 Å². The number of hydrogen-bond acceptors (Lipinski definition) is 5. The van der Waals surface area contributed by atoms with E-state index in [2.05, 4.69) is 4.90 Å². The van der Waals surface area contributed by atoms with Crippen LogP contribution in [0.5, 0.6) is 0 Å². The normalized spacial score (nSPS) is 25.0. The van der Waals surface area contributed by atoms with Crippen molar-refractivity contribution in [1.82, 2.24) is 14.7 Å². The fourth-order valence-electron chi connectivity index (χ4n) is 4.22. The van der Waals surface area contributed by atoms with Crippen LogP contribution in [-0.2, 0) is 9.59 Å². The summed E-state index contributed by atoms with van der Waals surface area (Å²) >= 11 is 11.9. The molecule has 2 unspecified atom stereocenters.